The van der Waals surface area contributed by atoms with Gasteiger partial charge in [-0.2, -0.15) is 0 Å². The molecular weight excluding hydrogens is 316 g/mol. The maximum atomic E-state index is 12.1. The van der Waals surface area contributed by atoms with E-state index in [0.29, 0.717) is 18.7 Å². The van der Waals surface area contributed by atoms with Gasteiger partial charge < -0.3 is 15.0 Å². The molecule has 5 nitrogen and oxygen atoms in total. The van der Waals surface area contributed by atoms with Crippen LogP contribution in [-0.2, 0) is 22.6 Å². The van der Waals surface area contributed by atoms with Gasteiger partial charge in [0, 0.05) is 20.0 Å². The zero-order chi connectivity index (χ0) is 17.8. The molecule has 1 aliphatic heterocycles. The highest BCUT2D eigenvalue weighted by Gasteiger charge is 2.22. The second-order valence-electron chi connectivity index (χ2n) is 6.25. The van der Waals surface area contributed by atoms with Gasteiger partial charge in [0.05, 0.1) is 5.69 Å². The van der Waals surface area contributed by atoms with Gasteiger partial charge in [-0.25, -0.2) is 0 Å². The minimum absolute atomic E-state index is 0.0154. The van der Waals surface area contributed by atoms with E-state index in [0.717, 1.165) is 17.7 Å². The van der Waals surface area contributed by atoms with Crippen LogP contribution in [0.25, 0.3) is 0 Å². The number of rotatable bonds is 5. The first-order valence-electron chi connectivity index (χ1n) is 8.38. The van der Waals surface area contributed by atoms with E-state index in [1.165, 1.54) is 11.1 Å². The van der Waals surface area contributed by atoms with E-state index in [9.17, 15) is 9.59 Å². The van der Waals surface area contributed by atoms with Gasteiger partial charge >= 0.3 is 0 Å². The van der Waals surface area contributed by atoms with E-state index in [2.05, 4.69) is 24.4 Å². The molecule has 0 saturated heterocycles. The van der Waals surface area contributed by atoms with Crippen molar-refractivity contribution in [2.75, 3.05) is 18.6 Å². The highest BCUT2D eigenvalue weighted by Crippen LogP contribution is 2.31. The van der Waals surface area contributed by atoms with Crippen LogP contribution in [0, 0.1) is 6.92 Å². The van der Waals surface area contributed by atoms with E-state index in [1.54, 1.807) is 11.9 Å². The summed E-state index contributed by atoms with van der Waals surface area (Å²) < 4.78 is 5.41. The van der Waals surface area contributed by atoms with Crippen molar-refractivity contribution < 1.29 is 14.3 Å². The first-order chi connectivity index (χ1) is 12.0. The van der Waals surface area contributed by atoms with Crippen LogP contribution >= 0.6 is 0 Å². The van der Waals surface area contributed by atoms with Gasteiger partial charge in [-0.3, -0.25) is 9.59 Å². The van der Waals surface area contributed by atoms with Crippen LogP contribution < -0.4 is 15.0 Å². The van der Waals surface area contributed by atoms with Crippen LogP contribution in [-0.4, -0.2) is 25.5 Å². The third kappa shape index (κ3) is 3.99. The Labute approximate surface area is 147 Å². The molecule has 2 aromatic rings. The average Bonchev–Trinajstić information content (AvgIpc) is 2.62. The SMILES string of the molecule is Cc1ccccc1CCC(=O)NCc1ccc2c(c1)N(C)C(=O)CO2. The van der Waals surface area contributed by atoms with E-state index in [1.807, 2.05) is 30.3 Å². The summed E-state index contributed by atoms with van der Waals surface area (Å²) in [5.74, 6) is 0.630. The van der Waals surface area contributed by atoms with Crippen molar-refractivity contribution in [2.45, 2.75) is 26.3 Å². The van der Waals surface area contributed by atoms with Crippen molar-refractivity contribution in [3.8, 4) is 5.75 Å². The Bertz CT molecular complexity index is 801. The Hall–Kier alpha value is -2.82. The molecule has 3 rings (SSSR count). The maximum absolute atomic E-state index is 12.1. The van der Waals surface area contributed by atoms with Crippen LogP contribution in [0.2, 0.25) is 0 Å². The predicted octanol–water partition coefficient (Wildman–Crippen LogP) is 2.60. The zero-order valence-corrected chi connectivity index (χ0v) is 14.5. The molecule has 0 unspecified atom stereocenters. The summed E-state index contributed by atoms with van der Waals surface area (Å²) in [5, 5.41) is 2.94. The minimum atomic E-state index is -0.0769. The lowest BCUT2D eigenvalue weighted by Crippen LogP contribution is -2.35. The number of nitrogens with zero attached hydrogens (tertiary/aromatic N) is 1. The van der Waals surface area contributed by atoms with E-state index < -0.39 is 0 Å². The highest BCUT2D eigenvalue weighted by atomic mass is 16.5. The van der Waals surface area contributed by atoms with Crippen molar-refractivity contribution in [3.63, 3.8) is 0 Å². The van der Waals surface area contributed by atoms with E-state index in [4.69, 9.17) is 4.74 Å². The third-order valence-corrected chi connectivity index (χ3v) is 4.48. The van der Waals surface area contributed by atoms with Gasteiger partial charge in [-0.1, -0.05) is 30.3 Å². The molecule has 0 atom stereocenters. The Balaban J connectivity index is 1.56. The number of likely N-dealkylation sites (N-methyl/N-ethyl adjacent to an activating group) is 1. The normalized spacial score (nSPS) is 13.2. The Morgan fingerprint density at radius 3 is 2.84 bits per heavy atom. The number of carbonyl (C=O) groups excluding carboxylic acids is 2. The quantitative estimate of drug-likeness (QED) is 0.912. The summed E-state index contributed by atoms with van der Waals surface area (Å²) in [6.45, 7) is 2.56. The standard InChI is InChI=1S/C20H22N2O3/c1-14-5-3-4-6-16(14)8-10-19(23)21-12-15-7-9-18-17(11-15)22(2)20(24)13-25-18/h3-7,9,11H,8,10,12-13H2,1-2H3,(H,21,23). The number of fused-ring (bicyclic) bond motifs is 1. The Kier molecular flexibility index (Phi) is 5.03. The molecule has 0 saturated carbocycles. The van der Waals surface area contributed by atoms with Crippen molar-refractivity contribution in [1.29, 1.82) is 0 Å². The fraction of sp³-hybridized carbons (Fsp3) is 0.300. The van der Waals surface area contributed by atoms with Gasteiger partial charge in [-0.05, 0) is 42.2 Å². The van der Waals surface area contributed by atoms with Crippen LogP contribution in [0.5, 0.6) is 5.75 Å². The van der Waals surface area contributed by atoms with Crippen molar-refractivity contribution >= 4 is 17.5 Å². The Morgan fingerprint density at radius 1 is 1.24 bits per heavy atom. The number of hydrogen-bond acceptors (Lipinski definition) is 3. The number of anilines is 1. The second-order valence-corrected chi connectivity index (χ2v) is 6.25. The lowest BCUT2D eigenvalue weighted by Gasteiger charge is -2.26. The maximum Gasteiger partial charge on any atom is 0.264 e. The van der Waals surface area contributed by atoms with Crippen molar-refractivity contribution in [1.82, 2.24) is 5.32 Å². The number of hydrogen-bond donors (Lipinski definition) is 1. The average molecular weight is 338 g/mol. The summed E-state index contributed by atoms with van der Waals surface area (Å²) in [5.41, 5.74) is 4.08. The summed E-state index contributed by atoms with van der Waals surface area (Å²) >= 11 is 0. The van der Waals surface area contributed by atoms with Crippen LogP contribution in [0.4, 0.5) is 5.69 Å². The molecule has 1 N–H and O–H groups in total. The first kappa shape index (κ1) is 17.0. The molecule has 5 heteroatoms. The van der Waals surface area contributed by atoms with Crippen LogP contribution in [0.1, 0.15) is 23.1 Å². The van der Waals surface area contributed by atoms with Gasteiger partial charge in [-0.15, -0.1) is 0 Å². The number of carbonyl (C=O) groups is 2. The molecule has 0 radical (unpaired) electrons. The number of aryl methyl sites for hydroxylation is 2. The van der Waals surface area contributed by atoms with Crippen molar-refractivity contribution in [2.24, 2.45) is 0 Å². The van der Waals surface area contributed by atoms with E-state index in [-0.39, 0.29) is 18.4 Å². The molecule has 130 valence electrons. The van der Waals surface area contributed by atoms with Crippen LogP contribution in [0.3, 0.4) is 0 Å². The monoisotopic (exact) mass is 338 g/mol. The lowest BCUT2D eigenvalue weighted by molar-refractivity contribution is -0.121. The molecular formula is C20H22N2O3. The fourth-order valence-corrected chi connectivity index (χ4v) is 2.86. The number of benzene rings is 2. The molecule has 0 fully saturated rings. The molecule has 0 aromatic heterocycles. The fourth-order valence-electron chi connectivity index (χ4n) is 2.86. The number of amides is 2. The number of ether oxygens (including phenoxy) is 1. The minimum Gasteiger partial charge on any atom is -0.482 e. The second kappa shape index (κ2) is 7.38. The van der Waals surface area contributed by atoms with Gasteiger partial charge in [0.1, 0.15) is 5.75 Å². The first-order valence-corrected chi connectivity index (χ1v) is 8.38. The molecule has 0 bridgehead atoms. The molecule has 1 aliphatic rings. The largest absolute Gasteiger partial charge is 0.482 e. The number of nitrogens with one attached hydrogen (secondary N) is 1. The smallest absolute Gasteiger partial charge is 0.264 e. The van der Waals surface area contributed by atoms with Crippen molar-refractivity contribution in [3.05, 3.63) is 59.2 Å². The lowest BCUT2D eigenvalue weighted by atomic mass is 10.0. The summed E-state index contributed by atoms with van der Waals surface area (Å²) in [6, 6.07) is 13.7. The van der Waals surface area contributed by atoms with Crippen LogP contribution in [0.15, 0.2) is 42.5 Å². The summed E-state index contributed by atoms with van der Waals surface area (Å²) in [4.78, 5) is 25.4. The Morgan fingerprint density at radius 2 is 2.04 bits per heavy atom. The topological polar surface area (TPSA) is 58.6 Å². The van der Waals surface area contributed by atoms with Gasteiger partial charge in [0.2, 0.25) is 5.91 Å². The highest BCUT2D eigenvalue weighted by molar-refractivity contribution is 5.97. The van der Waals surface area contributed by atoms with E-state index >= 15 is 0 Å². The molecule has 0 aliphatic carbocycles. The van der Waals surface area contributed by atoms with Gasteiger partial charge in [0.15, 0.2) is 6.61 Å². The summed E-state index contributed by atoms with van der Waals surface area (Å²) in [7, 11) is 1.73. The zero-order valence-electron chi connectivity index (χ0n) is 14.5. The third-order valence-electron chi connectivity index (χ3n) is 4.48. The molecule has 1 heterocycles. The predicted molar refractivity (Wildman–Crippen MR) is 96.7 cm³/mol. The van der Waals surface area contributed by atoms with Gasteiger partial charge in [0.25, 0.3) is 5.91 Å². The molecule has 0 spiro atoms. The molecule has 25 heavy (non-hydrogen) atoms. The molecule has 2 amide bonds. The molecule has 2 aromatic carbocycles. The summed E-state index contributed by atoms with van der Waals surface area (Å²) in [6.07, 6.45) is 1.19.